The first-order valence-electron chi connectivity index (χ1n) is 11.0. The molecule has 0 radical (unpaired) electrons. The normalized spacial score (nSPS) is 21.5. The molecule has 0 saturated carbocycles. The first-order chi connectivity index (χ1) is 15.1. The maximum atomic E-state index is 13.4. The fourth-order valence-electron chi connectivity index (χ4n) is 4.03. The van der Waals surface area contributed by atoms with Crippen molar-refractivity contribution in [2.75, 3.05) is 13.1 Å². The molecule has 1 fully saturated rings. The predicted molar refractivity (Wildman–Crippen MR) is 118 cm³/mol. The molecule has 0 unspecified atom stereocenters. The Labute approximate surface area is 188 Å². The van der Waals surface area contributed by atoms with Crippen LogP contribution in [0.15, 0.2) is 34.5 Å². The highest BCUT2D eigenvalue weighted by Crippen LogP contribution is 2.38. The molecule has 1 N–H and O–H groups in total. The third-order valence-corrected chi connectivity index (χ3v) is 5.76. The van der Waals surface area contributed by atoms with Crippen LogP contribution in [-0.4, -0.2) is 47.3 Å². The summed E-state index contributed by atoms with van der Waals surface area (Å²) < 4.78 is 18.8. The van der Waals surface area contributed by atoms with E-state index >= 15 is 0 Å². The fraction of sp³-hybridized carbons (Fsp3) is 0.583. The van der Waals surface area contributed by atoms with Gasteiger partial charge in [0.15, 0.2) is 5.66 Å². The number of terminal acetylenes is 1. The van der Waals surface area contributed by atoms with E-state index in [9.17, 15) is 14.0 Å². The number of hydrogen-bond donors (Lipinski definition) is 1. The number of rotatable bonds is 7. The minimum absolute atomic E-state index is 0.00377. The molecule has 32 heavy (non-hydrogen) atoms. The zero-order valence-electron chi connectivity index (χ0n) is 18.9. The number of nitrogens with one attached hydrogen (secondary N) is 1. The van der Waals surface area contributed by atoms with Crippen molar-refractivity contribution < 1.29 is 18.7 Å². The molecule has 2 heterocycles. The average Bonchev–Trinajstić information content (AvgIpc) is 3.50. The Morgan fingerprint density at radius 2 is 1.97 bits per heavy atom. The number of halogens is 1. The number of piperidine rings is 1. The molecule has 1 aromatic rings. The number of amides is 2. The van der Waals surface area contributed by atoms with Crippen LogP contribution in [0.5, 0.6) is 0 Å². The van der Waals surface area contributed by atoms with Gasteiger partial charge in [0.05, 0.1) is 6.04 Å². The number of alkyl carbamates (subject to hydrolysis) is 1. The summed E-state index contributed by atoms with van der Waals surface area (Å²) in [6.07, 6.45) is 7.53. The van der Waals surface area contributed by atoms with E-state index in [1.807, 2.05) is 0 Å². The Kier molecular flexibility index (Phi) is 7.17. The lowest BCUT2D eigenvalue weighted by atomic mass is 9.85. The highest BCUT2D eigenvalue weighted by molar-refractivity contribution is 5.77. The first kappa shape index (κ1) is 23.7. The molecule has 2 aliphatic rings. The predicted octanol–water partition coefficient (Wildman–Crippen LogP) is 4.39. The van der Waals surface area contributed by atoms with Gasteiger partial charge in [-0.05, 0) is 44.9 Å². The van der Waals surface area contributed by atoms with E-state index in [-0.39, 0.29) is 23.7 Å². The van der Waals surface area contributed by atoms with Crippen molar-refractivity contribution in [1.82, 2.24) is 10.2 Å². The minimum Gasteiger partial charge on any atom is -0.444 e. The van der Waals surface area contributed by atoms with Gasteiger partial charge in [0.1, 0.15) is 11.4 Å². The van der Waals surface area contributed by atoms with Gasteiger partial charge in [0.25, 0.3) is 0 Å². The average molecular weight is 443 g/mol. The highest BCUT2D eigenvalue weighted by atomic mass is 19.1. The molecule has 2 aliphatic heterocycles. The SMILES string of the molecule is C#CCCC1(CCC(=O)N2CC[C@@H](c3ccc(F)cc3)[C@H](NC(=O)OC(C)(C)C)C2)N=N1. The number of nitrogens with zero attached hydrogens (tertiary/aromatic N) is 3. The van der Waals surface area contributed by atoms with E-state index in [1.165, 1.54) is 12.1 Å². The van der Waals surface area contributed by atoms with Gasteiger partial charge in [0.2, 0.25) is 5.91 Å². The zero-order valence-corrected chi connectivity index (χ0v) is 18.9. The van der Waals surface area contributed by atoms with Gasteiger partial charge in [-0.3, -0.25) is 4.79 Å². The second kappa shape index (κ2) is 9.68. The number of carbonyl (C=O) groups is 2. The molecule has 0 aliphatic carbocycles. The summed E-state index contributed by atoms with van der Waals surface area (Å²) in [7, 11) is 0. The molecule has 2 atom stereocenters. The molecule has 8 heteroatoms. The third-order valence-electron chi connectivity index (χ3n) is 5.76. The Morgan fingerprint density at radius 3 is 2.56 bits per heavy atom. The van der Waals surface area contributed by atoms with E-state index in [0.29, 0.717) is 45.2 Å². The van der Waals surface area contributed by atoms with Crippen LogP contribution in [0.4, 0.5) is 9.18 Å². The zero-order chi connectivity index (χ0) is 23.4. The monoisotopic (exact) mass is 442 g/mol. The van der Waals surface area contributed by atoms with Crippen LogP contribution >= 0.6 is 0 Å². The van der Waals surface area contributed by atoms with Crippen molar-refractivity contribution in [3.8, 4) is 12.3 Å². The summed E-state index contributed by atoms with van der Waals surface area (Å²) in [5.74, 6) is 2.22. The van der Waals surface area contributed by atoms with E-state index in [4.69, 9.17) is 11.2 Å². The van der Waals surface area contributed by atoms with Gasteiger partial charge in [-0.15, -0.1) is 12.3 Å². The van der Waals surface area contributed by atoms with Crippen molar-refractivity contribution >= 4 is 12.0 Å². The number of hydrogen-bond acceptors (Lipinski definition) is 5. The van der Waals surface area contributed by atoms with E-state index in [0.717, 1.165) is 5.56 Å². The highest BCUT2D eigenvalue weighted by Gasteiger charge is 2.40. The van der Waals surface area contributed by atoms with Gasteiger partial charge in [-0.25, -0.2) is 9.18 Å². The van der Waals surface area contributed by atoms with Gasteiger partial charge in [0, 0.05) is 44.7 Å². The summed E-state index contributed by atoms with van der Waals surface area (Å²) in [5.41, 5.74) is -0.213. The van der Waals surface area contributed by atoms with E-state index < -0.39 is 17.4 Å². The summed E-state index contributed by atoms with van der Waals surface area (Å²) in [4.78, 5) is 27.1. The minimum atomic E-state index is -0.635. The first-order valence-corrected chi connectivity index (χ1v) is 11.0. The van der Waals surface area contributed by atoms with Crippen LogP contribution in [-0.2, 0) is 9.53 Å². The molecule has 0 spiro atoms. The summed E-state index contributed by atoms with van der Waals surface area (Å²) in [6.45, 7) is 6.30. The number of carbonyl (C=O) groups excluding carboxylic acids is 2. The fourth-order valence-corrected chi connectivity index (χ4v) is 4.03. The van der Waals surface area contributed by atoms with Crippen molar-refractivity contribution in [2.45, 2.75) is 76.1 Å². The molecule has 3 rings (SSSR count). The topological polar surface area (TPSA) is 83.4 Å². The lowest BCUT2D eigenvalue weighted by Crippen LogP contribution is -2.54. The molecular formula is C24H31FN4O3. The Morgan fingerprint density at radius 1 is 1.28 bits per heavy atom. The second-order valence-corrected chi connectivity index (χ2v) is 9.43. The van der Waals surface area contributed by atoms with Crippen LogP contribution in [0.2, 0.25) is 0 Å². The third kappa shape index (κ3) is 6.52. The molecule has 2 amide bonds. The molecule has 172 valence electrons. The van der Waals surface area contributed by atoms with Crippen molar-refractivity contribution in [3.05, 3.63) is 35.6 Å². The van der Waals surface area contributed by atoms with Crippen molar-refractivity contribution in [3.63, 3.8) is 0 Å². The summed E-state index contributed by atoms with van der Waals surface area (Å²) in [6, 6.07) is 5.93. The molecule has 0 bridgehead atoms. The Bertz CT molecular complexity index is 895. The Balaban J connectivity index is 1.65. The molecule has 0 aromatic heterocycles. The lowest BCUT2D eigenvalue weighted by Gasteiger charge is -2.39. The van der Waals surface area contributed by atoms with Gasteiger partial charge >= 0.3 is 6.09 Å². The van der Waals surface area contributed by atoms with E-state index in [2.05, 4.69) is 21.5 Å². The second-order valence-electron chi connectivity index (χ2n) is 9.43. The van der Waals surface area contributed by atoms with E-state index in [1.54, 1.807) is 37.8 Å². The van der Waals surface area contributed by atoms with Crippen LogP contribution in [0, 0.1) is 18.2 Å². The van der Waals surface area contributed by atoms with Gasteiger partial charge < -0.3 is 15.0 Å². The largest absolute Gasteiger partial charge is 0.444 e. The van der Waals surface area contributed by atoms with Gasteiger partial charge in [-0.2, -0.15) is 10.2 Å². The summed E-state index contributed by atoms with van der Waals surface area (Å²) in [5, 5.41) is 11.1. The number of likely N-dealkylation sites (tertiary alicyclic amines) is 1. The quantitative estimate of drug-likeness (QED) is 0.636. The maximum absolute atomic E-state index is 13.4. The number of ether oxygens (including phenoxy) is 1. The van der Waals surface area contributed by atoms with Crippen LogP contribution in [0.3, 0.4) is 0 Å². The lowest BCUT2D eigenvalue weighted by molar-refractivity contribution is -0.133. The molecule has 7 nitrogen and oxygen atoms in total. The molecule has 1 aromatic carbocycles. The smallest absolute Gasteiger partial charge is 0.407 e. The van der Waals surface area contributed by atoms with Crippen LogP contribution < -0.4 is 5.32 Å². The van der Waals surface area contributed by atoms with Crippen molar-refractivity contribution in [2.24, 2.45) is 10.2 Å². The molecular weight excluding hydrogens is 411 g/mol. The van der Waals surface area contributed by atoms with Crippen molar-refractivity contribution in [1.29, 1.82) is 0 Å². The van der Waals surface area contributed by atoms with Crippen LogP contribution in [0.25, 0.3) is 0 Å². The van der Waals surface area contributed by atoms with Gasteiger partial charge in [-0.1, -0.05) is 12.1 Å². The Hall–Kier alpha value is -2.95. The standard InChI is InChI=1S/C24H31FN4O3/c1-5-6-13-24(27-28-24)14-11-21(30)29-15-12-19(17-7-9-18(25)10-8-17)20(16-29)26-22(31)32-23(2,3)4/h1,7-10,19-20H,6,11-16H2,2-4H3,(H,26,31)/t19-,20+/m0/s1. The molecule has 1 saturated heterocycles. The van der Waals surface area contributed by atoms with Crippen LogP contribution in [0.1, 0.15) is 64.4 Å². The summed E-state index contributed by atoms with van der Waals surface area (Å²) >= 11 is 0. The maximum Gasteiger partial charge on any atom is 0.407 e. The number of benzene rings is 1.